The largest absolute Gasteiger partial charge is 0.398 e. The SMILES string of the molecule is Nc1cccc2ccnc(CCc3ccccc3)c12. The summed E-state index contributed by atoms with van der Waals surface area (Å²) < 4.78 is 0. The number of rotatable bonds is 3. The Morgan fingerprint density at radius 1 is 0.842 bits per heavy atom. The highest BCUT2D eigenvalue weighted by Gasteiger charge is 2.05. The van der Waals surface area contributed by atoms with Gasteiger partial charge in [0.25, 0.3) is 0 Å². The minimum absolute atomic E-state index is 0.814. The second kappa shape index (κ2) is 5.11. The quantitative estimate of drug-likeness (QED) is 0.719. The number of aryl methyl sites for hydroxylation is 2. The van der Waals surface area contributed by atoms with Crippen LogP contribution in [0.2, 0.25) is 0 Å². The van der Waals surface area contributed by atoms with Crippen LogP contribution < -0.4 is 5.73 Å². The van der Waals surface area contributed by atoms with Gasteiger partial charge in [0.05, 0.1) is 5.69 Å². The van der Waals surface area contributed by atoms with E-state index < -0.39 is 0 Å². The molecule has 0 atom stereocenters. The fraction of sp³-hybridized carbons (Fsp3) is 0.118. The first-order chi connectivity index (χ1) is 9.34. The molecule has 2 N–H and O–H groups in total. The Bertz CT molecular complexity index is 685. The van der Waals surface area contributed by atoms with Crippen molar-refractivity contribution in [1.82, 2.24) is 4.98 Å². The Hall–Kier alpha value is -2.35. The van der Waals surface area contributed by atoms with Crippen LogP contribution in [0.5, 0.6) is 0 Å². The summed E-state index contributed by atoms with van der Waals surface area (Å²) in [6.07, 6.45) is 3.76. The maximum Gasteiger partial charge on any atom is 0.0505 e. The second-order valence-electron chi connectivity index (χ2n) is 4.69. The molecule has 0 aliphatic rings. The number of aromatic nitrogens is 1. The van der Waals surface area contributed by atoms with Crippen LogP contribution in [-0.2, 0) is 12.8 Å². The molecule has 0 spiro atoms. The van der Waals surface area contributed by atoms with Gasteiger partial charge in [-0.25, -0.2) is 0 Å². The standard InChI is InChI=1S/C17H16N2/c18-15-8-4-7-14-11-12-19-16(17(14)15)10-9-13-5-2-1-3-6-13/h1-8,11-12H,9-10,18H2. The van der Waals surface area contributed by atoms with Gasteiger partial charge in [0.1, 0.15) is 0 Å². The average molecular weight is 248 g/mol. The van der Waals surface area contributed by atoms with Gasteiger partial charge in [-0.3, -0.25) is 4.98 Å². The molecule has 0 aliphatic heterocycles. The first kappa shape index (κ1) is 11.7. The van der Waals surface area contributed by atoms with Crippen molar-refractivity contribution < 1.29 is 0 Å². The minimum Gasteiger partial charge on any atom is -0.398 e. The number of anilines is 1. The summed E-state index contributed by atoms with van der Waals surface area (Å²) in [7, 11) is 0. The molecule has 2 aromatic carbocycles. The predicted molar refractivity (Wildman–Crippen MR) is 80.0 cm³/mol. The molecule has 2 heteroatoms. The number of nitrogen functional groups attached to an aromatic ring is 1. The van der Waals surface area contributed by atoms with Crippen molar-refractivity contribution in [3.63, 3.8) is 0 Å². The summed E-state index contributed by atoms with van der Waals surface area (Å²) in [5, 5.41) is 2.26. The van der Waals surface area contributed by atoms with E-state index in [1.54, 1.807) is 0 Å². The first-order valence-electron chi connectivity index (χ1n) is 6.50. The van der Waals surface area contributed by atoms with E-state index in [1.807, 2.05) is 30.5 Å². The van der Waals surface area contributed by atoms with Gasteiger partial charge < -0.3 is 5.73 Å². The van der Waals surface area contributed by atoms with Crippen LogP contribution in [0, 0.1) is 0 Å². The van der Waals surface area contributed by atoms with E-state index in [4.69, 9.17) is 5.73 Å². The Kier molecular flexibility index (Phi) is 3.15. The number of nitrogens with two attached hydrogens (primary N) is 1. The van der Waals surface area contributed by atoms with Crippen LogP contribution in [-0.4, -0.2) is 4.98 Å². The number of hydrogen-bond acceptors (Lipinski definition) is 2. The summed E-state index contributed by atoms with van der Waals surface area (Å²) in [5.41, 5.74) is 9.31. The van der Waals surface area contributed by atoms with Crippen molar-refractivity contribution >= 4 is 16.5 Å². The van der Waals surface area contributed by atoms with Gasteiger partial charge in [-0.1, -0.05) is 42.5 Å². The molecule has 0 fully saturated rings. The third kappa shape index (κ3) is 2.43. The number of benzene rings is 2. The van der Waals surface area contributed by atoms with Gasteiger partial charge in [0, 0.05) is 17.3 Å². The van der Waals surface area contributed by atoms with Gasteiger partial charge in [0.15, 0.2) is 0 Å². The topological polar surface area (TPSA) is 38.9 Å². The third-order valence-electron chi connectivity index (χ3n) is 3.40. The van der Waals surface area contributed by atoms with Gasteiger partial charge in [-0.2, -0.15) is 0 Å². The molecule has 0 bridgehead atoms. The summed E-state index contributed by atoms with van der Waals surface area (Å²) in [4.78, 5) is 4.50. The smallest absolute Gasteiger partial charge is 0.0505 e. The summed E-state index contributed by atoms with van der Waals surface area (Å²) >= 11 is 0. The van der Waals surface area contributed by atoms with Crippen LogP contribution in [0.1, 0.15) is 11.3 Å². The highest BCUT2D eigenvalue weighted by Crippen LogP contribution is 2.24. The lowest BCUT2D eigenvalue weighted by atomic mass is 10.0. The van der Waals surface area contributed by atoms with Crippen LogP contribution >= 0.6 is 0 Å². The molecule has 94 valence electrons. The number of fused-ring (bicyclic) bond motifs is 1. The van der Waals surface area contributed by atoms with E-state index in [0.29, 0.717) is 0 Å². The van der Waals surface area contributed by atoms with Crippen molar-refractivity contribution in [1.29, 1.82) is 0 Å². The van der Waals surface area contributed by atoms with Crippen molar-refractivity contribution in [3.8, 4) is 0 Å². The molecule has 2 nitrogen and oxygen atoms in total. The Labute approximate surface area is 112 Å². The molecule has 0 saturated heterocycles. The van der Waals surface area contributed by atoms with Crippen molar-refractivity contribution in [2.24, 2.45) is 0 Å². The highest BCUT2D eigenvalue weighted by atomic mass is 14.7. The average Bonchev–Trinajstić information content (AvgIpc) is 2.46. The lowest BCUT2D eigenvalue weighted by Gasteiger charge is -2.08. The maximum absolute atomic E-state index is 6.09. The molecule has 1 heterocycles. The molecule has 0 aliphatic carbocycles. The molecule has 0 amide bonds. The van der Waals surface area contributed by atoms with Crippen LogP contribution in [0.3, 0.4) is 0 Å². The van der Waals surface area contributed by atoms with Crippen LogP contribution in [0.25, 0.3) is 10.8 Å². The second-order valence-corrected chi connectivity index (χ2v) is 4.69. The van der Waals surface area contributed by atoms with E-state index in [9.17, 15) is 0 Å². The van der Waals surface area contributed by atoms with Crippen molar-refractivity contribution in [2.45, 2.75) is 12.8 Å². The lowest BCUT2D eigenvalue weighted by Crippen LogP contribution is -1.98. The third-order valence-corrected chi connectivity index (χ3v) is 3.40. The molecule has 0 unspecified atom stereocenters. The molecule has 3 aromatic rings. The molecule has 19 heavy (non-hydrogen) atoms. The monoisotopic (exact) mass is 248 g/mol. The summed E-state index contributed by atoms with van der Waals surface area (Å²) in [6.45, 7) is 0. The molecule has 3 rings (SSSR count). The van der Waals surface area contributed by atoms with Crippen molar-refractivity contribution in [3.05, 3.63) is 72.1 Å². The Balaban J connectivity index is 1.93. The number of nitrogens with zero attached hydrogens (tertiary/aromatic N) is 1. The molecule has 1 aromatic heterocycles. The van der Waals surface area contributed by atoms with Crippen LogP contribution in [0.15, 0.2) is 60.8 Å². The lowest BCUT2D eigenvalue weighted by molar-refractivity contribution is 0.926. The van der Waals surface area contributed by atoms with Gasteiger partial charge in [0.2, 0.25) is 0 Å². The van der Waals surface area contributed by atoms with E-state index in [-0.39, 0.29) is 0 Å². The first-order valence-corrected chi connectivity index (χ1v) is 6.50. The molecular weight excluding hydrogens is 232 g/mol. The zero-order chi connectivity index (χ0) is 13.1. The van der Waals surface area contributed by atoms with E-state index in [2.05, 4.69) is 35.3 Å². The predicted octanol–water partition coefficient (Wildman–Crippen LogP) is 3.60. The van der Waals surface area contributed by atoms with E-state index >= 15 is 0 Å². The van der Waals surface area contributed by atoms with E-state index in [1.165, 1.54) is 5.56 Å². The van der Waals surface area contributed by atoms with Crippen LogP contribution in [0.4, 0.5) is 5.69 Å². The highest BCUT2D eigenvalue weighted by molar-refractivity contribution is 5.94. The van der Waals surface area contributed by atoms with Crippen molar-refractivity contribution in [2.75, 3.05) is 5.73 Å². The molecular formula is C17H16N2. The van der Waals surface area contributed by atoms with Gasteiger partial charge in [-0.05, 0) is 35.9 Å². The fourth-order valence-electron chi connectivity index (χ4n) is 2.43. The number of pyridine rings is 1. The minimum atomic E-state index is 0.814. The normalized spacial score (nSPS) is 10.7. The summed E-state index contributed by atoms with van der Waals surface area (Å²) in [6, 6.07) is 18.5. The Morgan fingerprint density at radius 3 is 2.53 bits per heavy atom. The number of hydrogen-bond donors (Lipinski definition) is 1. The van der Waals surface area contributed by atoms with Gasteiger partial charge >= 0.3 is 0 Å². The zero-order valence-corrected chi connectivity index (χ0v) is 10.7. The van der Waals surface area contributed by atoms with E-state index in [0.717, 1.165) is 35.0 Å². The molecule has 0 radical (unpaired) electrons. The Morgan fingerprint density at radius 2 is 1.68 bits per heavy atom. The van der Waals surface area contributed by atoms with Gasteiger partial charge in [-0.15, -0.1) is 0 Å². The molecule has 0 saturated carbocycles. The fourth-order valence-corrected chi connectivity index (χ4v) is 2.43. The summed E-state index contributed by atoms with van der Waals surface area (Å²) in [5.74, 6) is 0. The maximum atomic E-state index is 6.09. The zero-order valence-electron chi connectivity index (χ0n) is 10.7.